The predicted molar refractivity (Wildman–Crippen MR) is 65.4 cm³/mol. The largest absolute Gasteiger partial charge is 0.314 e. The van der Waals surface area contributed by atoms with Crippen molar-refractivity contribution in [2.24, 2.45) is 0 Å². The van der Waals surface area contributed by atoms with Crippen LogP contribution >= 0.6 is 35.0 Å². The summed E-state index contributed by atoms with van der Waals surface area (Å²) in [6.45, 7) is 0. The zero-order chi connectivity index (χ0) is 11.5. The molecule has 0 saturated carbocycles. The van der Waals surface area contributed by atoms with Gasteiger partial charge in [0.05, 0.1) is 27.5 Å². The fraction of sp³-hybridized carbons (Fsp3) is 0. The smallest absolute Gasteiger partial charge is 0.267 e. The van der Waals surface area contributed by atoms with Crippen molar-refractivity contribution >= 4 is 35.0 Å². The Hall–Kier alpha value is -0.970. The first-order chi connectivity index (χ1) is 7.66. The second kappa shape index (κ2) is 4.91. The van der Waals surface area contributed by atoms with Crippen molar-refractivity contribution in [1.82, 2.24) is 9.97 Å². The molecular weight excluding hydrogens is 267 g/mol. The molecule has 0 fully saturated rings. The van der Waals surface area contributed by atoms with Crippen LogP contribution in [0.5, 0.6) is 0 Å². The number of aromatic nitrogens is 2. The first-order valence-corrected chi connectivity index (χ1v) is 5.90. The van der Waals surface area contributed by atoms with Crippen LogP contribution in [0.3, 0.4) is 0 Å². The lowest BCUT2D eigenvalue weighted by atomic mass is 10.4. The summed E-state index contributed by atoms with van der Waals surface area (Å²) >= 11 is 13.2. The number of H-pyrrole nitrogens is 1. The lowest BCUT2D eigenvalue weighted by Crippen LogP contribution is -2.04. The molecule has 0 saturated heterocycles. The lowest BCUT2D eigenvalue weighted by molar-refractivity contribution is 1.01. The number of hydrogen-bond acceptors (Lipinski definition) is 3. The normalized spacial score (nSPS) is 10.4. The summed E-state index contributed by atoms with van der Waals surface area (Å²) < 4.78 is 0. The highest BCUT2D eigenvalue weighted by atomic mass is 35.5. The number of benzene rings is 1. The predicted octanol–water partition coefficient (Wildman–Crippen LogP) is 3.23. The number of hydrogen-bond donors (Lipinski definition) is 1. The standard InChI is InChI=1S/C10H6Cl2N2OS/c11-6-2-1-3-7(10(6)12)16-9-5-13-4-8(15)14-9/h1-5H,(H,14,15). The average molecular weight is 273 g/mol. The van der Waals surface area contributed by atoms with E-state index in [2.05, 4.69) is 9.97 Å². The van der Waals surface area contributed by atoms with E-state index in [9.17, 15) is 4.79 Å². The Kier molecular flexibility index (Phi) is 3.53. The van der Waals surface area contributed by atoms with Crippen LogP contribution < -0.4 is 5.56 Å². The van der Waals surface area contributed by atoms with Crippen molar-refractivity contribution in [2.75, 3.05) is 0 Å². The summed E-state index contributed by atoms with van der Waals surface area (Å²) in [5, 5.41) is 1.58. The van der Waals surface area contributed by atoms with E-state index in [1.807, 2.05) is 6.07 Å². The van der Waals surface area contributed by atoms with Gasteiger partial charge in [0.25, 0.3) is 5.56 Å². The van der Waals surface area contributed by atoms with Crippen LogP contribution in [-0.4, -0.2) is 9.97 Å². The van der Waals surface area contributed by atoms with Gasteiger partial charge in [-0.1, -0.05) is 41.0 Å². The van der Waals surface area contributed by atoms with E-state index in [1.165, 1.54) is 18.0 Å². The minimum absolute atomic E-state index is 0.247. The van der Waals surface area contributed by atoms with Crippen molar-refractivity contribution in [2.45, 2.75) is 9.92 Å². The van der Waals surface area contributed by atoms with Gasteiger partial charge >= 0.3 is 0 Å². The van der Waals surface area contributed by atoms with Gasteiger partial charge in [-0.05, 0) is 12.1 Å². The molecule has 0 aliphatic heterocycles. The Balaban J connectivity index is 2.34. The van der Waals surface area contributed by atoms with E-state index in [0.29, 0.717) is 15.1 Å². The Bertz CT molecular complexity index is 571. The number of aromatic amines is 1. The molecule has 0 radical (unpaired) electrons. The molecule has 0 aliphatic rings. The molecule has 2 aromatic rings. The third-order valence-corrected chi connectivity index (χ3v) is 3.68. The van der Waals surface area contributed by atoms with E-state index in [1.54, 1.807) is 18.3 Å². The lowest BCUT2D eigenvalue weighted by Gasteiger charge is -2.04. The van der Waals surface area contributed by atoms with E-state index in [0.717, 1.165) is 4.90 Å². The van der Waals surface area contributed by atoms with Crippen LogP contribution in [0.4, 0.5) is 0 Å². The summed E-state index contributed by atoms with van der Waals surface area (Å²) in [6, 6.07) is 5.33. The van der Waals surface area contributed by atoms with E-state index < -0.39 is 0 Å². The minimum atomic E-state index is -0.247. The van der Waals surface area contributed by atoms with Crippen molar-refractivity contribution in [1.29, 1.82) is 0 Å². The van der Waals surface area contributed by atoms with Gasteiger partial charge in [-0.25, -0.2) is 0 Å². The van der Waals surface area contributed by atoms with Crippen LogP contribution in [0.2, 0.25) is 10.0 Å². The van der Waals surface area contributed by atoms with Gasteiger partial charge in [0.2, 0.25) is 0 Å². The SMILES string of the molecule is O=c1cncc(Sc2cccc(Cl)c2Cl)[nH]1. The minimum Gasteiger partial charge on any atom is -0.314 e. The Morgan fingerprint density at radius 1 is 1.25 bits per heavy atom. The molecule has 2 rings (SSSR count). The van der Waals surface area contributed by atoms with Gasteiger partial charge < -0.3 is 4.98 Å². The number of halogens is 2. The molecule has 6 heteroatoms. The van der Waals surface area contributed by atoms with Crippen LogP contribution in [0.15, 0.2) is 45.3 Å². The molecule has 1 heterocycles. The van der Waals surface area contributed by atoms with Crippen LogP contribution in [0.25, 0.3) is 0 Å². The summed E-state index contributed by atoms with van der Waals surface area (Å²) in [5.74, 6) is 0. The Morgan fingerprint density at radius 3 is 2.81 bits per heavy atom. The van der Waals surface area contributed by atoms with E-state index in [-0.39, 0.29) is 5.56 Å². The molecule has 3 nitrogen and oxygen atoms in total. The molecule has 0 atom stereocenters. The van der Waals surface area contributed by atoms with Gasteiger partial charge in [-0.2, -0.15) is 0 Å². The Morgan fingerprint density at radius 2 is 2.06 bits per heavy atom. The first-order valence-electron chi connectivity index (χ1n) is 4.33. The number of rotatable bonds is 2. The van der Waals surface area contributed by atoms with Gasteiger partial charge in [-0.15, -0.1) is 0 Å². The van der Waals surface area contributed by atoms with Gasteiger partial charge in [0.15, 0.2) is 0 Å². The third kappa shape index (κ3) is 2.58. The van der Waals surface area contributed by atoms with Crippen molar-refractivity contribution < 1.29 is 0 Å². The summed E-state index contributed by atoms with van der Waals surface area (Å²) in [4.78, 5) is 18.3. The number of nitrogens with zero attached hydrogens (tertiary/aromatic N) is 1. The zero-order valence-corrected chi connectivity index (χ0v) is 10.2. The highest BCUT2D eigenvalue weighted by molar-refractivity contribution is 7.99. The monoisotopic (exact) mass is 272 g/mol. The second-order valence-corrected chi connectivity index (χ2v) is 4.78. The third-order valence-electron chi connectivity index (χ3n) is 1.77. The van der Waals surface area contributed by atoms with Crippen LogP contribution in [0, 0.1) is 0 Å². The average Bonchev–Trinajstić information content (AvgIpc) is 2.25. The molecule has 0 amide bonds. The number of nitrogens with one attached hydrogen (secondary N) is 1. The highest BCUT2D eigenvalue weighted by Gasteiger charge is 2.06. The summed E-state index contributed by atoms with van der Waals surface area (Å²) in [5.41, 5.74) is -0.247. The molecule has 0 aliphatic carbocycles. The van der Waals surface area contributed by atoms with Gasteiger partial charge in [0, 0.05) is 4.90 Å². The molecule has 0 bridgehead atoms. The molecule has 1 N–H and O–H groups in total. The fourth-order valence-electron chi connectivity index (χ4n) is 1.09. The maximum Gasteiger partial charge on any atom is 0.267 e. The maximum atomic E-state index is 11.0. The summed E-state index contributed by atoms with van der Waals surface area (Å²) in [6.07, 6.45) is 2.77. The molecule has 82 valence electrons. The van der Waals surface area contributed by atoms with E-state index >= 15 is 0 Å². The second-order valence-electron chi connectivity index (χ2n) is 2.91. The quantitative estimate of drug-likeness (QED) is 0.913. The zero-order valence-electron chi connectivity index (χ0n) is 7.91. The summed E-state index contributed by atoms with van der Waals surface area (Å²) in [7, 11) is 0. The molecule has 1 aromatic heterocycles. The molecule has 0 unspecified atom stereocenters. The van der Waals surface area contributed by atoms with E-state index in [4.69, 9.17) is 23.2 Å². The molecule has 16 heavy (non-hydrogen) atoms. The molecule has 0 spiro atoms. The van der Waals surface area contributed by atoms with Crippen LogP contribution in [0.1, 0.15) is 0 Å². The fourth-order valence-corrected chi connectivity index (χ4v) is 2.41. The van der Waals surface area contributed by atoms with Crippen molar-refractivity contribution in [3.05, 3.63) is 51.0 Å². The first kappa shape index (κ1) is 11.5. The highest BCUT2D eigenvalue weighted by Crippen LogP contribution is 2.35. The molecule has 1 aromatic carbocycles. The van der Waals surface area contributed by atoms with Crippen LogP contribution in [-0.2, 0) is 0 Å². The maximum absolute atomic E-state index is 11.0. The van der Waals surface area contributed by atoms with Gasteiger partial charge in [-0.3, -0.25) is 9.78 Å². The van der Waals surface area contributed by atoms with Crippen molar-refractivity contribution in [3.63, 3.8) is 0 Å². The topological polar surface area (TPSA) is 45.8 Å². The molecular formula is C10H6Cl2N2OS. The Labute approximate surface area is 106 Å². The van der Waals surface area contributed by atoms with Crippen molar-refractivity contribution in [3.8, 4) is 0 Å². The van der Waals surface area contributed by atoms with Gasteiger partial charge in [0.1, 0.15) is 0 Å².